The Morgan fingerprint density at radius 3 is 2.29 bits per heavy atom. The third kappa shape index (κ3) is 2.30. The highest BCUT2D eigenvalue weighted by Gasteiger charge is 2.07. The molecule has 2 aromatic carbocycles. The van der Waals surface area contributed by atoms with E-state index >= 15 is 0 Å². The molecule has 0 amide bonds. The topological polar surface area (TPSA) is 43.1 Å². The van der Waals surface area contributed by atoms with Gasteiger partial charge in [-0.1, -0.05) is 6.07 Å². The Morgan fingerprint density at radius 2 is 1.76 bits per heavy atom. The lowest BCUT2D eigenvalue weighted by Crippen LogP contribution is -1.88. The summed E-state index contributed by atoms with van der Waals surface area (Å²) in [5, 5.41) is 10.5. The number of benzene rings is 2. The molecular weight excluding hydrogens is 221 g/mol. The van der Waals surface area contributed by atoms with Crippen molar-refractivity contribution in [2.24, 2.45) is 0 Å². The second-order valence-corrected chi connectivity index (χ2v) is 3.76. The number of aryl methyl sites for hydroxylation is 1. The van der Waals surface area contributed by atoms with Crippen LogP contribution in [-0.4, -0.2) is 4.92 Å². The molecule has 0 saturated heterocycles. The van der Waals surface area contributed by atoms with E-state index < -0.39 is 4.92 Å². The van der Waals surface area contributed by atoms with Crippen molar-refractivity contribution in [1.82, 2.24) is 0 Å². The smallest absolute Gasteiger partial charge is 0.258 e. The Labute approximate surface area is 97.7 Å². The lowest BCUT2D eigenvalue weighted by molar-refractivity contribution is -0.384. The van der Waals surface area contributed by atoms with Gasteiger partial charge >= 0.3 is 0 Å². The number of halogens is 1. The van der Waals surface area contributed by atoms with Gasteiger partial charge in [0, 0.05) is 12.1 Å². The molecule has 0 N–H and O–H groups in total. The molecule has 0 spiro atoms. The zero-order valence-corrected chi connectivity index (χ0v) is 9.18. The number of nitrogens with zero attached hydrogens (tertiary/aromatic N) is 1. The second kappa shape index (κ2) is 4.33. The molecule has 0 heterocycles. The largest absolute Gasteiger partial charge is 0.269 e. The molecule has 3 nitrogen and oxygen atoms in total. The zero-order chi connectivity index (χ0) is 12.4. The van der Waals surface area contributed by atoms with Gasteiger partial charge < -0.3 is 0 Å². The third-order valence-electron chi connectivity index (χ3n) is 2.58. The predicted octanol–water partition coefficient (Wildman–Crippen LogP) is 3.71. The van der Waals surface area contributed by atoms with Crippen LogP contribution < -0.4 is 0 Å². The summed E-state index contributed by atoms with van der Waals surface area (Å²) in [5.41, 5.74) is 2.57. The number of hydrogen-bond donors (Lipinski definition) is 0. The Hall–Kier alpha value is -2.23. The normalized spacial score (nSPS) is 10.2. The van der Waals surface area contributed by atoms with E-state index in [4.69, 9.17) is 0 Å². The molecule has 2 rings (SSSR count). The quantitative estimate of drug-likeness (QED) is 0.584. The SMILES string of the molecule is Cc1cc(F)ccc1-c1ccc([N+](=O)[O-])cc1. The van der Waals surface area contributed by atoms with Crippen LogP contribution in [0, 0.1) is 22.9 Å². The molecule has 0 aliphatic heterocycles. The fourth-order valence-electron chi connectivity index (χ4n) is 1.71. The molecule has 0 saturated carbocycles. The maximum absolute atomic E-state index is 12.9. The molecule has 0 fully saturated rings. The van der Waals surface area contributed by atoms with E-state index in [1.165, 1.54) is 24.3 Å². The number of nitro groups is 1. The first-order chi connectivity index (χ1) is 8.08. The van der Waals surface area contributed by atoms with Gasteiger partial charge in [-0.05, 0) is 47.9 Å². The van der Waals surface area contributed by atoms with Gasteiger partial charge in [0.05, 0.1) is 4.92 Å². The monoisotopic (exact) mass is 231 g/mol. The van der Waals surface area contributed by atoms with Crippen molar-refractivity contribution >= 4 is 5.69 Å². The van der Waals surface area contributed by atoms with Gasteiger partial charge in [-0.25, -0.2) is 4.39 Å². The summed E-state index contributed by atoms with van der Waals surface area (Å²) >= 11 is 0. The number of non-ortho nitro benzene ring substituents is 1. The molecule has 17 heavy (non-hydrogen) atoms. The molecule has 4 heteroatoms. The summed E-state index contributed by atoms with van der Waals surface area (Å²) in [5.74, 6) is -0.284. The van der Waals surface area contributed by atoms with Gasteiger partial charge in [-0.3, -0.25) is 10.1 Å². The summed E-state index contributed by atoms with van der Waals surface area (Å²) in [6.07, 6.45) is 0. The summed E-state index contributed by atoms with van der Waals surface area (Å²) in [7, 11) is 0. The lowest BCUT2D eigenvalue weighted by Gasteiger charge is -2.05. The standard InChI is InChI=1S/C13H10FNO2/c1-9-8-11(14)4-7-13(9)10-2-5-12(6-3-10)15(16)17/h2-8H,1H3. The minimum atomic E-state index is -0.443. The Balaban J connectivity index is 2.43. The maximum Gasteiger partial charge on any atom is 0.269 e. The van der Waals surface area contributed by atoms with Gasteiger partial charge in [-0.15, -0.1) is 0 Å². The highest BCUT2D eigenvalue weighted by molar-refractivity contribution is 5.68. The average Bonchev–Trinajstić information content (AvgIpc) is 2.29. The third-order valence-corrected chi connectivity index (χ3v) is 2.58. The summed E-state index contributed by atoms with van der Waals surface area (Å²) in [6.45, 7) is 1.81. The van der Waals surface area contributed by atoms with Gasteiger partial charge in [0.25, 0.3) is 5.69 Å². The van der Waals surface area contributed by atoms with Crippen LogP contribution in [0.3, 0.4) is 0 Å². The fourth-order valence-corrected chi connectivity index (χ4v) is 1.71. The summed E-state index contributed by atoms with van der Waals surface area (Å²) < 4.78 is 12.9. The van der Waals surface area contributed by atoms with Crippen LogP contribution in [0.2, 0.25) is 0 Å². The number of rotatable bonds is 2. The molecule has 86 valence electrons. The van der Waals surface area contributed by atoms with Crippen molar-refractivity contribution in [3.63, 3.8) is 0 Å². The predicted molar refractivity (Wildman–Crippen MR) is 63.2 cm³/mol. The number of nitro benzene ring substituents is 1. The van der Waals surface area contributed by atoms with Crippen LogP contribution in [0.25, 0.3) is 11.1 Å². The molecule has 0 unspecified atom stereocenters. The first kappa shape index (κ1) is 11.3. The van der Waals surface area contributed by atoms with Crippen molar-refractivity contribution in [1.29, 1.82) is 0 Å². The van der Waals surface area contributed by atoms with Gasteiger partial charge in [0.2, 0.25) is 0 Å². The lowest BCUT2D eigenvalue weighted by atomic mass is 10.0. The first-order valence-corrected chi connectivity index (χ1v) is 5.09. The van der Waals surface area contributed by atoms with Crippen LogP contribution in [0.15, 0.2) is 42.5 Å². The van der Waals surface area contributed by atoms with Gasteiger partial charge in [0.1, 0.15) is 5.82 Å². The van der Waals surface area contributed by atoms with E-state index in [-0.39, 0.29) is 11.5 Å². The minimum Gasteiger partial charge on any atom is -0.258 e. The summed E-state index contributed by atoms with van der Waals surface area (Å²) in [4.78, 5) is 10.1. The maximum atomic E-state index is 12.9. The first-order valence-electron chi connectivity index (χ1n) is 5.09. The van der Waals surface area contributed by atoms with Crippen LogP contribution in [-0.2, 0) is 0 Å². The minimum absolute atomic E-state index is 0.0496. The molecule has 0 aliphatic carbocycles. The highest BCUT2D eigenvalue weighted by Crippen LogP contribution is 2.25. The summed E-state index contributed by atoms with van der Waals surface area (Å²) in [6, 6.07) is 10.7. The highest BCUT2D eigenvalue weighted by atomic mass is 19.1. The van der Waals surface area contributed by atoms with E-state index in [2.05, 4.69) is 0 Å². The molecular formula is C13H10FNO2. The fraction of sp³-hybridized carbons (Fsp3) is 0.0769. The van der Waals surface area contributed by atoms with Crippen LogP contribution in [0.5, 0.6) is 0 Å². The Morgan fingerprint density at radius 1 is 1.12 bits per heavy atom. The van der Waals surface area contributed by atoms with Crippen molar-refractivity contribution in [2.45, 2.75) is 6.92 Å². The second-order valence-electron chi connectivity index (χ2n) is 3.76. The Bertz CT molecular complexity index is 564. The van der Waals surface area contributed by atoms with Crippen LogP contribution in [0.1, 0.15) is 5.56 Å². The number of hydrogen-bond acceptors (Lipinski definition) is 2. The van der Waals surface area contributed by atoms with Crippen LogP contribution in [0.4, 0.5) is 10.1 Å². The molecule has 0 aromatic heterocycles. The van der Waals surface area contributed by atoms with E-state index in [1.54, 1.807) is 25.1 Å². The van der Waals surface area contributed by atoms with Crippen molar-refractivity contribution < 1.29 is 9.31 Å². The van der Waals surface area contributed by atoms with E-state index in [0.29, 0.717) is 0 Å². The van der Waals surface area contributed by atoms with Crippen molar-refractivity contribution in [3.8, 4) is 11.1 Å². The molecule has 0 atom stereocenters. The van der Waals surface area contributed by atoms with Gasteiger partial charge in [-0.2, -0.15) is 0 Å². The Kier molecular flexibility index (Phi) is 2.87. The van der Waals surface area contributed by atoms with Crippen molar-refractivity contribution in [3.05, 3.63) is 64.0 Å². The molecule has 0 bridgehead atoms. The van der Waals surface area contributed by atoms with Crippen LogP contribution >= 0.6 is 0 Å². The van der Waals surface area contributed by atoms with E-state index in [1.807, 2.05) is 0 Å². The molecule has 0 aliphatic rings. The zero-order valence-electron chi connectivity index (χ0n) is 9.18. The van der Waals surface area contributed by atoms with E-state index in [9.17, 15) is 14.5 Å². The van der Waals surface area contributed by atoms with Crippen molar-refractivity contribution in [2.75, 3.05) is 0 Å². The van der Waals surface area contributed by atoms with E-state index in [0.717, 1.165) is 16.7 Å². The average molecular weight is 231 g/mol. The molecule has 2 aromatic rings. The molecule has 0 radical (unpaired) electrons. The van der Waals surface area contributed by atoms with Gasteiger partial charge in [0.15, 0.2) is 0 Å².